The fraction of sp³-hybridized carbons (Fsp3) is 0.333. The molecule has 3 atom stereocenters. The summed E-state index contributed by atoms with van der Waals surface area (Å²) < 4.78 is 5.51. The topological polar surface area (TPSA) is 86.2 Å². The number of nitro benzene ring substituents is 1. The molecule has 0 aliphatic heterocycles. The minimum absolute atomic E-state index is 0.00829. The lowest BCUT2D eigenvalue weighted by atomic mass is 10.3. The summed E-state index contributed by atoms with van der Waals surface area (Å²) in [4.78, 5) is 25.2. The van der Waals surface area contributed by atoms with E-state index in [1.165, 1.54) is 12.1 Å². The maximum absolute atomic E-state index is 10.8. The van der Waals surface area contributed by atoms with Gasteiger partial charge in [0.2, 0.25) is 0 Å². The molecule has 0 N–H and O–H groups in total. The molecule has 3 rings (SSSR count). The Bertz CT molecular complexity index is 649. The average molecular weight is 246 g/mol. The number of hydrogen-bond donors (Lipinski definition) is 0. The summed E-state index contributed by atoms with van der Waals surface area (Å²) in [6, 6.07) is 4.31. The SMILES string of the molecule is C[C@@H]1[C@@H](C=O)[C@@H]1c1nc2ccc([N+](=O)[O-])cc2o1. The molecule has 1 fully saturated rings. The van der Waals surface area contributed by atoms with E-state index in [0.29, 0.717) is 17.0 Å². The maximum Gasteiger partial charge on any atom is 0.273 e. The van der Waals surface area contributed by atoms with Gasteiger partial charge < -0.3 is 9.21 Å². The van der Waals surface area contributed by atoms with Crippen LogP contribution in [-0.4, -0.2) is 16.2 Å². The van der Waals surface area contributed by atoms with Crippen molar-refractivity contribution in [3.63, 3.8) is 0 Å². The zero-order chi connectivity index (χ0) is 12.9. The monoisotopic (exact) mass is 246 g/mol. The first-order valence-electron chi connectivity index (χ1n) is 5.62. The predicted octanol–water partition coefficient (Wildman–Crippen LogP) is 2.28. The van der Waals surface area contributed by atoms with Crippen LogP contribution in [0.5, 0.6) is 0 Å². The van der Waals surface area contributed by atoms with E-state index in [1.807, 2.05) is 6.92 Å². The zero-order valence-corrected chi connectivity index (χ0v) is 9.57. The molecule has 1 aliphatic rings. The molecule has 2 aromatic rings. The van der Waals surface area contributed by atoms with Gasteiger partial charge in [0, 0.05) is 17.9 Å². The van der Waals surface area contributed by atoms with Crippen molar-refractivity contribution >= 4 is 23.1 Å². The molecule has 0 bridgehead atoms. The van der Waals surface area contributed by atoms with Crippen molar-refractivity contribution in [1.29, 1.82) is 0 Å². The highest BCUT2D eigenvalue weighted by molar-refractivity contribution is 5.76. The molecule has 1 heterocycles. The number of carbonyl (C=O) groups is 1. The van der Waals surface area contributed by atoms with Crippen molar-refractivity contribution < 1.29 is 14.1 Å². The minimum Gasteiger partial charge on any atom is -0.440 e. The molecule has 0 unspecified atom stereocenters. The summed E-state index contributed by atoms with van der Waals surface area (Å²) in [6.45, 7) is 1.96. The molecule has 6 nitrogen and oxygen atoms in total. The average Bonchev–Trinajstić information content (AvgIpc) is 2.83. The van der Waals surface area contributed by atoms with E-state index in [9.17, 15) is 14.9 Å². The van der Waals surface area contributed by atoms with Gasteiger partial charge in [-0.1, -0.05) is 6.92 Å². The van der Waals surface area contributed by atoms with E-state index >= 15 is 0 Å². The lowest BCUT2D eigenvalue weighted by Crippen LogP contribution is -1.86. The summed E-state index contributed by atoms with van der Waals surface area (Å²) in [7, 11) is 0. The van der Waals surface area contributed by atoms with Crippen molar-refractivity contribution in [2.75, 3.05) is 0 Å². The van der Waals surface area contributed by atoms with Gasteiger partial charge in [-0.25, -0.2) is 4.98 Å². The van der Waals surface area contributed by atoms with Gasteiger partial charge in [-0.15, -0.1) is 0 Å². The van der Waals surface area contributed by atoms with Crippen LogP contribution < -0.4 is 0 Å². The number of aldehydes is 1. The fourth-order valence-electron chi connectivity index (χ4n) is 2.28. The Balaban J connectivity index is 2.01. The third-order valence-corrected chi connectivity index (χ3v) is 3.49. The van der Waals surface area contributed by atoms with Crippen molar-refractivity contribution in [2.45, 2.75) is 12.8 Å². The van der Waals surface area contributed by atoms with Crippen molar-refractivity contribution in [2.24, 2.45) is 11.8 Å². The number of nitrogens with zero attached hydrogens (tertiary/aromatic N) is 2. The molecule has 0 amide bonds. The largest absolute Gasteiger partial charge is 0.440 e. The number of oxazole rings is 1. The van der Waals surface area contributed by atoms with E-state index < -0.39 is 4.92 Å². The van der Waals surface area contributed by atoms with Gasteiger partial charge >= 0.3 is 0 Å². The van der Waals surface area contributed by atoms with Crippen LogP contribution in [0.4, 0.5) is 5.69 Å². The van der Waals surface area contributed by atoms with Crippen LogP contribution in [0, 0.1) is 22.0 Å². The molecule has 0 radical (unpaired) electrons. The highest BCUT2D eigenvalue weighted by Gasteiger charge is 2.50. The third kappa shape index (κ3) is 1.49. The van der Waals surface area contributed by atoms with Gasteiger partial charge in [0.05, 0.1) is 11.0 Å². The molecular formula is C12H10N2O4. The van der Waals surface area contributed by atoms with Crippen LogP contribution in [0.1, 0.15) is 18.7 Å². The van der Waals surface area contributed by atoms with Crippen molar-refractivity contribution in [1.82, 2.24) is 4.98 Å². The first-order chi connectivity index (χ1) is 8.61. The normalized spacial score (nSPS) is 26.2. The third-order valence-electron chi connectivity index (χ3n) is 3.49. The molecule has 92 valence electrons. The molecule has 1 aromatic heterocycles. The highest BCUT2D eigenvalue weighted by atomic mass is 16.6. The predicted molar refractivity (Wildman–Crippen MR) is 62.1 cm³/mol. The van der Waals surface area contributed by atoms with Gasteiger partial charge in [0.25, 0.3) is 5.69 Å². The molecule has 0 saturated heterocycles. The van der Waals surface area contributed by atoms with Crippen LogP contribution in [0.25, 0.3) is 11.1 Å². The van der Waals surface area contributed by atoms with E-state index in [-0.39, 0.29) is 23.4 Å². The number of hydrogen-bond acceptors (Lipinski definition) is 5. The first kappa shape index (κ1) is 10.9. The van der Waals surface area contributed by atoms with Gasteiger partial charge in [-0.2, -0.15) is 0 Å². The first-order valence-corrected chi connectivity index (χ1v) is 5.62. The number of rotatable bonds is 3. The minimum atomic E-state index is -0.477. The standard InChI is InChI=1S/C12H10N2O4/c1-6-8(5-15)11(6)12-13-9-3-2-7(14(16)17)4-10(9)18-12/h2-6,8,11H,1H3/t6-,8-,11-/m1/s1. The van der Waals surface area contributed by atoms with Gasteiger partial charge in [-0.05, 0) is 12.0 Å². The number of aromatic nitrogens is 1. The van der Waals surface area contributed by atoms with Crippen LogP contribution in [0.3, 0.4) is 0 Å². The number of carbonyl (C=O) groups excluding carboxylic acids is 1. The fourth-order valence-corrected chi connectivity index (χ4v) is 2.28. The number of benzene rings is 1. The van der Waals surface area contributed by atoms with Gasteiger partial charge in [0.1, 0.15) is 11.8 Å². The summed E-state index contributed by atoms with van der Waals surface area (Å²) in [6.07, 6.45) is 0.909. The smallest absolute Gasteiger partial charge is 0.273 e. The molecule has 18 heavy (non-hydrogen) atoms. The quantitative estimate of drug-likeness (QED) is 0.471. The molecule has 1 saturated carbocycles. The second kappa shape index (κ2) is 3.63. The Hall–Kier alpha value is -2.24. The Morgan fingerprint density at radius 2 is 2.28 bits per heavy atom. The number of fused-ring (bicyclic) bond motifs is 1. The maximum atomic E-state index is 10.8. The molecule has 6 heteroatoms. The van der Waals surface area contributed by atoms with Gasteiger partial charge in [-0.3, -0.25) is 10.1 Å². The lowest BCUT2D eigenvalue weighted by molar-refractivity contribution is -0.384. The van der Waals surface area contributed by atoms with Crippen LogP contribution in [-0.2, 0) is 4.79 Å². The molecular weight excluding hydrogens is 236 g/mol. The van der Waals surface area contributed by atoms with Crippen LogP contribution >= 0.6 is 0 Å². The van der Waals surface area contributed by atoms with Crippen LogP contribution in [0.15, 0.2) is 22.6 Å². The summed E-state index contributed by atoms with van der Waals surface area (Å²) in [5.74, 6) is 0.683. The Labute approximate surface area is 102 Å². The molecule has 1 aromatic carbocycles. The van der Waals surface area contributed by atoms with Gasteiger partial charge in [0.15, 0.2) is 11.5 Å². The van der Waals surface area contributed by atoms with Crippen LogP contribution in [0.2, 0.25) is 0 Å². The molecule has 0 spiro atoms. The Kier molecular flexibility index (Phi) is 2.19. The van der Waals surface area contributed by atoms with E-state index in [0.717, 1.165) is 6.29 Å². The number of nitro groups is 1. The van der Waals surface area contributed by atoms with Crippen molar-refractivity contribution in [3.8, 4) is 0 Å². The lowest BCUT2D eigenvalue weighted by Gasteiger charge is -1.88. The Morgan fingerprint density at radius 3 is 2.89 bits per heavy atom. The highest BCUT2D eigenvalue weighted by Crippen LogP contribution is 2.52. The van der Waals surface area contributed by atoms with E-state index in [4.69, 9.17) is 4.42 Å². The summed E-state index contributed by atoms with van der Waals surface area (Å²) in [5, 5.41) is 10.6. The zero-order valence-electron chi connectivity index (χ0n) is 9.57. The molecule has 1 aliphatic carbocycles. The second-order valence-corrected chi connectivity index (χ2v) is 4.56. The van der Waals surface area contributed by atoms with Crippen molar-refractivity contribution in [3.05, 3.63) is 34.2 Å². The second-order valence-electron chi connectivity index (χ2n) is 4.56. The summed E-state index contributed by atoms with van der Waals surface area (Å²) in [5.41, 5.74) is 0.947. The summed E-state index contributed by atoms with van der Waals surface area (Å²) >= 11 is 0. The Morgan fingerprint density at radius 1 is 1.50 bits per heavy atom. The van der Waals surface area contributed by atoms with E-state index in [2.05, 4.69) is 4.98 Å². The number of non-ortho nitro benzene ring substituents is 1. The van der Waals surface area contributed by atoms with E-state index in [1.54, 1.807) is 6.07 Å².